The maximum Gasteiger partial charge on any atom is 0.274 e. The van der Waals surface area contributed by atoms with Gasteiger partial charge in [-0.15, -0.1) is 5.06 Å². The zero-order valence-corrected chi connectivity index (χ0v) is 13.2. The lowest BCUT2D eigenvalue weighted by Crippen LogP contribution is -2.45. The van der Waals surface area contributed by atoms with Crippen molar-refractivity contribution in [1.82, 2.24) is 5.06 Å². The normalized spacial score (nSPS) is 25.7. The predicted molar refractivity (Wildman–Crippen MR) is 86.1 cm³/mol. The van der Waals surface area contributed by atoms with Gasteiger partial charge in [0.2, 0.25) is 5.71 Å². The summed E-state index contributed by atoms with van der Waals surface area (Å²) in [7, 11) is 0. The van der Waals surface area contributed by atoms with Crippen LogP contribution in [0, 0.1) is 5.21 Å². The Kier molecular flexibility index (Phi) is 3.68. The van der Waals surface area contributed by atoms with E-state index >= 15 is 0 Å². The number of hydrogen-bond acceptors (Lipinski definition) is 3. The molecule has 22 heavy (non-hydrogen) atoms. The molecule has 2 aromatic carbocycles. The van der Waals surface area contributed by atoms with Gasteiger partial charge < -0.3 is 10.4 Å². The molecule has 0 aromatic heterocycles. The second kappa shape index (κ2) is 5.39. The maximum absolute atomic E-state index is 13.0. The molecule has 1 N–H and O–H groups in total. The lowest BCUT2D eigenvalue weighted by Gasteiger charge is -2.29. The Labute approximate surface area is 134 Å². The van der Waals surface area contributed by atoms with Crippen molar-refractivity contribution >= 4 is 17.3 Å². The van der Waals surface area contributed by atoms with E-state index in [2.05, 4.69) is 0 Å². The number of halogens is 1. The number of nitrogens with zero attached hydrogens (tertiary/aromatic N) is 2. The molecule has 114 valence electrons. The first kappa shape index (κ1) is 15.0. The molecular formula is C17H17ClN2O2. The second-order valence-electron chi connectivity index (χ2n) is 5.59. The number of hydrogen-bond donors (Lipinski definition) is 1. The first-order valence-corrected chi connectivity index (χ1v) is 7.48. The van der Waals surface area contributed by atoms with Gasteiger partial charge in [0.25, 0.3) is 5.66 Å². The van der Waals surface area contributed by atoms with Crippen molar-refractivity contribution in [3.05, 3.63) is 76.0 Å². The molecule has 0 unspecified atom stereocenters. The average Bonchev–Trinajstić information content (AvgIpc) is 2.71. The quantitative estimate of drug-likeness (QED) is 0.680. The molecule has 0 bridgehead atoms. The van der Waals surface area contributed by atoms with Crippen molar-refractivity contribution in [2.75, 3.05) is 0 Å². The van der Waals surface area contributed by atoms with Crippen LogP contribution in [0.15, 0.2) is 54.6 Å². The third-order valence-corrected chi connectivity index (χ3v) is 4.54. The molecule has 1 heterocycles. The highest BCUT2D eigenvalue weighted by atomic mass is 35.5. The minimum Gasteiger partial charge on any atom is -0.622 e. The topological polar surface area (TPSA) is 49.5 Å². The highest BCUT2D eigenvalue weighted by Gasteiger charge is 2.54. The molecule has 2 aromatic rings. The van der Waals surface area contributed by atoms with Gasteiger partial charge in [0.1, 0.15) is 6.04 Å². The lowest BCUT2D eigenvalue weighted by molar-refractivity contribution is -0.595. The van der Waals surface area contributed by atoms with Crippen molar-refractivity contribution in [3.63, 3.8) is 0 Å². The Balaban J connectivity index is 2.16. The van der Waals surface area contributed by atoms with Crippen LogP contribution in [0.2, 0.25) is 5.02 Å². The molecule has 1 aliphatic rings. The van der Waals surface area contributed by atoms with E-state index in [1.807, 2.05) is 37.3 Å². The third-order valence-electron chi connectivity index (χ3n) is 4.28. The van der Waals surface area contributed by atoms with E-state index in [-0.39, 0.29) is 0 Å². The van der Waals surface area contributed by atoms with Gasteiger partial charge >= 0.3 is 0 Å². The largest absolute Gasteiger partial charge is 0.622 e. The molecule has 1 aliphatic heterocycles. The standard InChI is InChI=1S/C17H17ClN2O2/c1-12-16(13-6-4-3-5-7-13)20(22)17(2,19(12)21)14-8-10-15(18)11-9-14/h3-12,21H,1-2H3/t12-,17-/m0/s1. The first-order chi connectivity index (χ1) is 10.5. The summed E-state index contributed by atoms with van der Waals surface area (Å²) in [5.74, 6) is 0. The Bertz CT molecular complexity index is 715. The highest BCUT2D eigenvalue weighted by molar-refractivity contribution is 6.30. The first-order valence-electron chi connectivity index (χ1n) is 7.10. The van der Waals surface area contributed by atoms with Crippen molar-refractivity contribution < 1.29 is 9.95 Å². The summed E-state index contributed by atoms with van der Waals surface area (Å²) in [6.07, 6.45) is 0. The van der Waals surface area contributed by atoms with E-state index in [9.17, 15) is 10.4 Å². The van der Waals surface area contributed by atoms with Crippen LogP contribution < -0.4 is 0 Å². The zero-order chi connectivity index (χ0) is 15.9. The summed E-state index contributed by atoms with van der Waals surface area (Å²) in [4.78, 5) is 0. The molecule has 0 radical (unpaired) electrons. The summed E-state index contributed by atoms with van der Waals surface area (Å²) < 4.78 is 0.885. The Morgan fingerprint density at radius 1 is 1.14 bits per heavy atom. The van der Waals surface area contributed by atoms with Gasteiger partial charge in [-0.1, -0.05) is 29.8 Å². The van der Waals surface area contributed by atoms with Crippen LogP contribution in [0.5, 0.6) is 0 Å². The van der Waals surface area contributed by atoms with E-state index in [4.69, 9.17) is 11.6 Å². The molecule has 0 aliphatic carbocycles. The number of rotatable bonds is 2. The van der Waals surface area contributed by atoms with Crippen molar-refractivity contribution in [2.45, 2.75) is 25.6 Å². The van der Waals surface area contributed by atoms with Crippen LogP contribution in [-0.4, -0.2) is 26.8 Å². The predicted octanol–water partition coefficient (Wildman–Crippen LogP) is 3.61. The monoisotopic (exact) mass is 316 g/mol. The zero-order valence-electron chi connectivity index (χ0n) is 12.4. The summed E-state index contributed by atoms with van der Waals surface area (Å²) in [5.41, 5.74) is 0.851. The molecule has 3 rings (SSSR count). The molecule has 0 spiro atoms. The summed E-state index contributed by atoms with van der Waals surface area (Å²) in [6.45, 7) is 3.52. The van der Waals surface area contributed by atoms with E-state index < -0.39 is 11.7 Å². The molecular weight excluding hydrogens is 300 g/mol. The van der Waals surface area contributed by atoms with Crippen LogP contribution >= 0.6 is 11.6 Å². The molecule has 5 heteroatoms. The van der Waals surface area contributed by atoms with Gasteiger partial charge in [0.05, 0.1) is 0 Å². The van der Waals surface area contributed by atoms with Crippen molar-refractivity contribution in [1.29, 1.82) is 0 Å². The van der Waals surface area contributed by atoms with E-state index in [0.29, 0.717) is 16.3 Å². The summed E-state index contributed by atoms with van der Waals surface area (Å²) >= 11 is 5.92. The van der Waals surface area contributed by atoms with Crippen LogP contribution in [-0.2, 0) is 5.66 Å². The minimum absolute atomic E-state index is 0.416. The maximum atomic E-state index is 13.0. The molecule has 0 fully saturated rings. The fourth-order valence-corrected chi connectivity index (χ4v) is 3.10. The third kappa shape index (κ3) is 2.11. The lowest BCUT2D eigenvalue weighted by atomic mass is 10.0. The van der Waals surface area contributed by atoms with E-state index in [1.54, 1.807) is 31.2 Å². The van der Waals surface area contributed by atoms with Crippen LogP contribution in [0.25, 0.3) is 0 Å². The van der Waals surface area contributed by atoms with Crippen LogP contribution in [0.4, 0.5) is 0 Å². The van der Waals surface area contributed by atoms with Gasteiger partial charge in [0, 0.05) is 23.1 Å². The van der Waals surface area contributed by atoms with Crippen LogP contribution in [0.3, 0.4) is 0 Å². The van der Waals surface area contributed by atoms with Gasteiger partial charge in [-0.05, 0) is 43.3 Å². The smallest absolute Gasteiger partial charge is 0.274 e. The molecule has 4 nitrogen and oxygen atoms in total. The van der Waals surface area contributed by atoms with Crippen molar-refractivity contribution in [2.24, 2.45) is 0 Å². The highest BCUT2D eigenvalue weighted by Crippen LogP contribution is 2.36. The van der Waals surface area contributed by atoms with Crippen molar-refractivity contribution in [3.8, 4) is 0 Å². The fraction of sp³-hybridized carbons (Fsp3) is 0.235. The van der Waals surface area contributed by atoms with E-state index in [0.717, 1.165) is 15.4 Å². The molecule has 0 saturated carbocycles. The van der Waals surface area contributed by atoms with E-state index in [1.165, 1.54) is 0 Å². The Hall–Kier alpha value is -1.88. The Morgan fingerprint density at radius 2 is 1.73 bits per heavy atom. The molecule has 2 atom stereocenters. The van der Waals surface area contributed by atoms with Gasteiger partial charge in [0.15, 0.2) is 0 Å². The van der Waals surface area contributed by atoms with Crippen LogP contribution in [0.1, 0.15) is 25.0 Å². The second-order valence-corrected chi connectivity index (χ2v) is 6.03. The number of hydroxylamine groups is 3. The van der Waals surface area contributed by atoms with Gasteiger partial charge in [-0.25, -0.2) is 0 Å². The molecule has 0 saturated heterocycles. The average molecular weight is 317 g/mol. The number of benzene rings is 2. The summed E-state index contributed by atoms with van der Waals surface area (Å²) in [6, 6.07) is 15.9. The minimum atomic E-state index is -1.19. The fourth-order valence-electron chi connectivity index (χ4n) is 2.97. The van der Waals surface area contributed by atoms with Gasteiger partial charge in [-0.3, -0.25) is 0 Å². The summed E-state index contributed by atoms with van der Waals surface area (Å²) in [5, 5.41) is 25.3. The SMILES string of the molecule is C[C@H]1C(c2ccccc2)=[N+]([O-])[C@@](C)(c2ccc(Cl)cc2)N1O. The van der Waals surface area contributed by atoms with Gasteiger partial charge in [-0.2, -0.15) is 4.74 Å². The molecule has 0 amide bonds. The Morgan fingerprint density at radius 3 is 2.32 bits per heavy atom.